The molecule has 0 unspecified atom stereocenters. The van der Waals surface area contributed by atoms with E-state index in [1.807, 2.05) is 0 Å². The molecule has 0 aliphatic rings. The fourth-order valence-electron chi connectivity index (χ4n) is 6.77. The Morgan fingerprint density at radius 2 is 0.946 bits per heavy atom. The fraction of sp³-hybridized carbons (Fsp3) is 0. The molecule has 2 aromatic heterocycles. The fourth-order valence-corrected chi connectivity index (χ4v) is 6.77. The van der Waals surface area contributed by atoms with E-state index in [2.05, 4.69) is 132 Å². The van der Waals surface area contributed by atoms with E-state index in [0.717, 1.165) is 0 Å². The Bertz CT molecular complexity index is 2290. The minimum absolute atomic E-state index is 1.24. The Kier molecular flexibility index (Phi) is 3.59. The highest BCUT2D eigenvalue weighted by atomic mass is 14.9. The first-order valence-corrected chi connectivity index (χ1v) is 12.9. The quantitative estimate of drug-likeness (QED) is 0.223. The molecule has 0 fully saturated rings. The van der Waals surface area contributed by atoms with Gasteiger partial charge in [-0.05, 0) is 50.4 Å². The van der Waals surface area contributed by atoms with Gasteiger partial charge in [-0.3, -0.25) is 0 Å². The van der Waals surface area contributed by atoms with Crippen LogP contribution in [0, 0.1) is 0 Å². The van der Waals surface area contributed by atoms with Gasteiger partial charge >= 0.3 is 0 Å². The van der Waals surface area contributed by atoms with Gasteiger partial charge in [0.1, 0.15) is 0 Å². The highest BCUT2D eigenvalue weighted by molar-refractivity contribution is 6.39. The Labute approximate surface area is 213 Å². The van der Waals surface area contributed by atoms with Crippen LogP contribution in [0.3, 0.4) is 0 Å². The maximum Gasteiger partial charge on any atom is 0.0627 e. The third-order valence-corrected chi connectivity index (χ3v) is 8.27. The van der Waals surface area contributed by atoms with Crippen LogP contribution in [0.5, 0.6) is 0 Å². The molecule has 7 aromatic carbocycles. The molecule has 1 heteroatoms. The number of rotatable bonds is 2. The average Bonchev–Trinajstić information content (AvgIpc) is 3.50. The van der Waals surface area contributed by atoms with Crippen LogP contribution >= 0.6 is 0 Å². The third-order valence-electron chi connectivity index (χ3n) is 8.27. The van der Waals surface area contributed by atoms with Gasteiger partial charge < -0.3 is 4.40 Å². The van der Waals surface area contributed by atoms with E-state index in [9.17, 15) is 0 Å². The monoisotopic (exact) mass is 467 g/mol. The van der Waals surface area contributed by atoms with Crippen LogP contribution in [0.1, 0.15) is 0 Å². The number of benzene rings is 7. The van der Waals surface area contributed by atoms with Crippen LogP contribution < -0.4 is 0 Å². The second-order valence-electron chi connectivity index (χ2n) is 10.1. The number of hydrogen-bond acceptors (Lipinski definition) is 0. The van der Waals surface area contributed by atoms with E-state index in [0.29, 0.717) is 0 Å². The lowest BCUT2D eigenvalue weighted by molar-refractivity contribution is 1.37. The lowest BCUT2D eigenvalue weighted by atomic mass is 9.93. The van der Waals surface area contributed by atoms with Gasteiger partial charge in [-0.15, -0.1) is 0 Å². The van der Waals surface area contributed by atoms with Crippen LogP contribution in [0.4, 0.5) is 0 Å². The summed E-state index contributed by atoms with van der Waals surface area (Å²) in [6.45, 7) is 0. The maximum absolute atomic E-state index is 2.54. The van der Waals surface area contributed by atoms with Crippen molar-refractivity contribution in [3.05, 3.63) is 127 Å². The molecule has 1 nitrogen and oxygen atoms in total. The summed E-state index contributed by atoms with van der Waals surface area (Å²) in [5.74, 6) is 0. The van der Waals surface area contributed by atoms with Crippen molar-refractivity contribution >= 4 is 59.6 Å². The minimum Gasteiger partial charge on any atom is -0.307 e. The molecule has 0 spiro atoms. The SMILES string of the molecule is c1ccc(-c2cccc(-c3cccc4c5ccc6c7ccccc7c7cccc8c7c6c5n8c34)c2)cc1. The molecular formula is C36H21N. The smallest absolute Gasteiger partial charge is 0.0627 e. The molecule has 0 N–H and O–H groups in total. The molecule has 9 aromatic rings. The normalized spacial score (nSPS) is 12.3. The molecule has 37 heavy (non-hydrogen) atoms. The summed E-state index contributed by atoms with van der Waals surface area (Å²) in [6.07, 6.45) is 0. The lowest BCUT2D eigenvalue weighted by Gasteiger charge is -2.10. The summed E-state index contributed by atoms with van der Waals surface area (Å²) in [5.41, 5.74) is 8.93. The zero-order chi connectivity index (χ0) is 24.1. The first kappa shape index (κ1) is 19.3. The first-order chi connectivity index (χ1) is 18.4. The van der Waals surface area contributed by atoms with E-state index < -0.39 is 0 Å². The van der Waals surface area contributed by atoms with Gasteiger partial charge in [-0.25, -0.2) is 0 Å². The van der Waals surface area contributed by atoms with E-state index in [-0.39, 0.29) is 0 Å². The second kappa shape index (κ2) is 6.87. The van der Waals surface area contributed by atoms with Crippen molar-refractivity contribution in [1.29, 1.82) is 0 Å². The van der Waals surface area contributed by atoms with Crippen molar-refractivity contribution in [2.24, 2.45) is 0 Å². The van der Waals surface area contributed by atoms with Crippen molar-refractivity contribution in [2.45, 2.75) is 0 Å². The number of aromatic nitrogens is 1. The molecule has 2 heterocycles. The van der Waals surface area contributed by atoms with E-state index in [1.54, 1.807) is 0 Å². The van der Waals surface area contributed by atoms with Crippen LogP contribution in [-0.4, -0.2) is 4.40 Å². The molecule has 0 radical (unpaired) electrons. The molecule has 0 aliphatic carbocycles. The second-order valence-corrected chi connectivity index (χ2v) is 10.1. The predicted octanol–water partition coefficient (Wildman–Crippen LogP) is 9.91. The molecular weight excluding hydrogens is 446 g/mol. The van der Waals surface area contributed by atoms with Gasteiger partial charge in [-0.1, -0.05) is 115 Å². The van der Waals surface area contributed by atoms with Crippen LogP contribution in [-0.2, 0) is 0 Å². The van der Waals surface area contributed by atoms with Crippen LogP contribution in [0.25, 0.3) is 81.9 Å². The van der Waals surface area contributed by atoms with Gasteiger partial charge in [0.25, 0.3) is 0 Å². The van der Waals surface area contributed by atoms with Crippen molar-refractivity contribution in [2.75, 3.05) is 0 Å². The number of nitrogens with zero attached hydrogens (tertiary/aromatic N) is 1. The Morgan fingerprint density at radius 3 is 1.81 bits per heavy atom. The van der Waals surface area contributed by atoms with Crippen molar-refractivity contribution in [1.82, 2.24) is 4.40 Å². The van der Waals surface area contributed by atoms with Crippen molar-refractivity contribution in [3.63, 3.8) is 0 Å². The lowest BCUT2D eigenvalue weighted by Crippen LogP contribution is -1.87. The van der Waals surface area contributed by atoms with E-state index in [4.69, 9.17) is 0 Å². The molecule has 0 bridgehead atoms. The largest absolute Gasteiger partial charge is 0.307 e. The zero-order valence-electron chi connectivity index (χ0n) is 20.1. The molecule has 0 saturated heterocycles. The molecule has 0 aliphatic heterocycles. The molecule has 0 atom stereocenters. The van der Waals surface area contributed by atoms with E-state index in [1.165, 1.54) is 81.9 Å². The maximum atomic E-state index is 2.54. The van der Waals surface area contributed by atoms with Crippen molar-refractivity contribution < 1.29 is 0 Å². The zero-order valence-corrected chi connectivity index (χ0v) is 20.1. The summed E-state index contributed by atoms with van der Waals surface area (Å²) in [5, 5.41) is 10.8. The van der Waals surface area contributed by atoms with Gasteiger partial charge in [0, 0.05) is 27.1 Å². The predicted molar refractivity (Wildman–Crippen MR) is 158 cm³/mol. The minimum atomic E-state index is 1.24. The molecule has 170 valence electrons. The summed E-state index contributed by atoms with van der Waals surface area (Å²) in [6, 6.07) is 46.8. The number of hydrogen-bond donors (Lipinski definition) is 0. The van der Waals surface area contributed by atoms with E-state index >= 15 is 0 Å². The highest BCUT2D eigenvalue weighted by Gasteiger charge is 2.23. The number of fused-ring (bicyclic) bond motifs is 7. The standard InChI is InChI=1S/C36H21N/c1-2-9-22(10-3-1)23-11-6-12-24(21-23)25-15-7-17-30-31-20-19-29-27-14-5-4-13-26(27)28-16-8-18-32-33(28)34(29)36(31)37(32)35(25)30/h1-21H. The summed E-state index contributed by atoms with van der Waals surface area (Å²) in [7, 11) is 0. The Morgan fingerprint density at radius 1 is 0.351 bits per heavy atom. The average molecular weight is 468 g/mol. The summed E-state index contributed by atoms with van der Waals surface area (Å²) in [4.78, 5) is 0. The van der Waals surface area contributed by atoms with Crippen LogP contribution in [0.15, 0.2) is 127 Å². The Hall–Kier alpha value is -4.88. The van der Waals surface area contributed by atoms with Crippen molar-refractivity contribution in [3.8, 4) is 22.3 Å². The first-order valence-electron chi connectivity index (χ1n) is 12.9. The Balaban J connectivity index is 1.48. The topological polar surface area (TPSA) is 4.41 Å². The molecule has 0 saturated carbocycles. The van der Waals surface area contributed by atoms with Gasteiger partial charge in [0.05, 0.1) is 16.6 Å². The molecule has 9 rings (SSSR count). The van der Waals surface area contributed by atoms with Gasteiger partial charge in [0.2, 0.25) is 0 Å². The highest BCUT2D eigenvalue weighted by Crippen LogP contribution is 2.48. The van der Waals surface area contributed by atoms with Crippen LogP contribution in [0.2, 0.25) is 0 Å². The summed E-state index contributed by atoms with van der Waals surface area (Å²) >= 11 is 0. The van der Waals surface area contributed by atoms with Gasteiger partial charge in [0.15, 0.2) is 0 Å². The summed E-state index contributed by atoms with van der Waals surface area (Å²) < 4.78 is 2.54. The molecule has 0 amide bonds. The number of para-hydroxylation sites is 1. The third kappa shape index (κ3) is 2.39. The van der Waals surface area contributed by atoms with Gasteiger partial charge in [-0.2, -0.15) is 0 Å².